The van der Waals surface area contributed by atoms with Gasteiger partial charge >= 0.3 is 0 Å². The summed E-state index contributed by atoms with van der Waals surface area (Å²) in [6.45, 7) is 4.24. The van der Waals surface area contributed by atoms with Crippen LogP contribution in [0.5, 0.6) is 0 Å². The summed E-state index contributed by atoms with van der Waals surface area (Å²) in [5.41, 5.74) is 3.19. The van der Waals surface area contributed by atoms with Crippen LogP contribution in [-0.4, -0.2) is 45.3 Å². The monoisotopic (exact) mass is 339 g/mol. The second-order valence-corrected chi connectivity index (χ2v) is 6.08. The van der Waals surface area contributed by atoms with Crippen LogP contribution in [0.4, 0.5) is 11.4 Å². The summed E-state index contributed by atoms with van der Waals surface area (Å²) in [6, 6.07) is 18.2. The third-order valence-electron chi connectivity index (χ3n) is 4.25. The lowest BCUT2D eigenvalue weighted by Gasteiger charge is -2.30. The van der Waals surface area contributed by atoms with Gasteiger partial charge in [-0.15, -0.1) is 0 Å². The van der Waals surface area contributed by atoms with Gasteiger partial charge in [0, 0.05) is 13.1 Å². The van der Waals surface area contributed by atoms with Crippen molar-refractivity contribution in [1.29, 1.82) is 0 Å². The van der Waals surface area contributed by atoms with Crippen molar-refractivity contribution in [2.75, 3.05) is 49.6 Å². The fraction of sp³-hybridized carbons (Fsp3) is 0.350. The number of carbonyl (C=O) groups excluding carboxylic acids is 1. The van der Waals surface area contributed by atoms with E-state index in [1.165, 1.54) is 5.56 Å². The summed E-state index contributed by atoms with van der Waals surface area (Å²) in [6.07, 6.45) is 0.915. The van der Waals surface area contributed by atoms with Crippen molar-refractivity contribution >= 4 is 17.3 Å². The van der Waals surface area contributed by atoms with Gasteiger partial charge in [-0.1, -0.05) is 42.5 Å². The van der Waals surface area contributed by atoms with Crippen molar-refractivity contribution in [3.63, 3.8) is 0 Å². The molecule has 1 aliphatic heterocycles. The number of nitrogens with one attached hydrogen (secondary N) is 2. The Labute approximate surface area is 149 Å². The lowest BCUT2D eigenvalue weighted by Crippen LogP contribution is -2.37. The summed E-state index contributed by atoms with van der Waals surface area (Å²) < 4.78 is 5.41. The second kappa shape index (κ2) is 9.20. The van der Waals surface area contributed by atoms with Crippen LogP contribution in [0.2, 0.25) is 0 Å². The molecular weight excluding hydrogens is 314 g/mol. The highest BCUT2D eigenvalue weighted by molar-refractivity contribution is 5.95. The van der Waals surface area contributed by atoms with Crippen LogP contribution in [-0.2, 0) is 16.0 Å². The third-order valence-corrected chi connectivity index (χ3v) is 4.25. The predicted octanol–water partition coefficient (Wildman–Crippen LogP) is 2.29. The van der Waals surface area contributed by atoms with Crippen molar-refractivity contribution in [1.82, 2.24) is 5.32 Å². The fourth-order valence-corrected chi connectivity index (χ4v) is 2.93. The molecule has 0 aromatic heterocycles. The SMILES string of the molecule is O=C(CNCCc1ccccc1)Nc1ccccc1N1CCOCC1. The average molecular weight is 339 g/mol. The summed E-state index contributed by atoms with van der Waals surface area (Å²) >= 11 is 0. The van der Waals surface area contributed by atoms with Crippen molar-refractivity contribution in [3.8, 4) is 0 Å². The minimum absolute atomic E-state index is 0.0197. The molecule has 0 radical (unpaired) electrons. The molecule has 2 aromatic carbocycles. The molecule has 1 amide bonds. The molecule has 0 saturated carbocycles. The maximum Gasteiger partial charge on any atom is 0.238 e. The van der Waals surface area contributed by atoms with Gasteiger partial charge in [0.15, 0.2) is 0 Å². The van der Waals surface area contributed by atoms with E-state index in [4.69, 9.17) is 4.74 Å². The molecule has 0 spiro atoms. The van der Waals surface area contributed by atoms with Crippen LogP contribution in [0.25, 0.3) is 0 Å². The third kappa shape index (κ3) is 5.31. The zero-order chi connectivity index (χ0) is 17.3. The molecule has 3 rings (SSSR count). The number of amides is 1. The van der Waals surface area contributed by atoms with Gasteiger partial charge in [-0.3, -0.25) is 4.79 Å². The number of nitrogens with zero attached hydrogens (tertiary/aromatic N) is 1. The number of rotatable bonds is 7. The highest BCUT2D eigenvalue weighted by Crippen LogP contribution is 2.26. The van der Waals surface area contributed by atoms with Crippen LogP contribution in [0.1, 0.15) is 5.56 Å². The maximum absolute atomic E-state index is 12.2. The molecule has 0 aliphatic carbocycles. The summed E-state index contributed by atoms with van der Waals surface area (Å²) in [4.78, 5) is 14.5. The molecule has 1 fully saturated rings. The molecular formula is C20H25N3O2. The number of ether oxygens (including phenoxy) is 1. The molecule has 132 valence electrons. The van der Waals surface area contributed by atoms with Gasteiger partial charge < -0.3 is 20.3 Å². The molecule has 0 atom stereocenters. The zero-order valence-corrected chi connectivity index (χ0v) is 14.4. The van der Waals surface area contributed by atoms with Crippen LogP contribution >= 0.6 is 0 Å². The number of carbonyl (C=O) groups is 1. The first-order chi connectivity index (χ1) is 12.3. The zero-order valence-electron chi connectivity index (χ0n) is 14.4. The van der Waals surface area contributed by atoms with Crippen molar-refractivity contribution in [2.24, 2.45) is 0 Å². The highest BCUT2D eigenvalue weighted by Gasteiger charge is 2.15. The van der Waals surface area contributed by atoms with E-state index in [2.05, 4.69) is 27.7 Å². The Hall–Kier alpha value is -2.37. The predicted molar refractivity (Wildman–Crippen MR) is 101 cm³/mol. The molecule has 5 nitrogen and oxygen atoms in total. The van der Waals surface area contributed by atoms with Gasteiger partial charge in [0.1, 0.15) is 0 Å². The van der Waals surface area contributed by atoms with Crippen LogP contribution in [0.15, 0.2) is 54.6 Å². The Morgan fingerprint density at radius 1 is 1.00 bits per heavy atom. The normalized spacial score (nSPS) is 14.3. The van der Waals surface area contributed by atoms with E-state index in [9.17, 15) is 4.79 Å². The molecule has 0 bridgehead atoms. The van der Waals surface area contributed by atoms with Gasteiger partial charge in [-0.05, 0) is 30.7 Å². The van der Waals surface area contributed by atoms with Crippen molar-refractivity contribution in [2.45, 2.75) is 6.42 Å². The summed E-state index contributed by atoms with van der Waals surface area (Å²) in [5.74, 6) is -0.0197. The molecule has 2 aromatic rings. The minimum Gasteiger partial charge on any atom is -0.378 e. The Morgan fingerprint density at radius 2 is 1.72 bits per heavy atom. The van der Waals surface area contributed by atoms with Gasteiger partial charge in [-0.25, -0.2) is 0 Å². The molecule has 1 heterocycles. The minimum atomic E-state index is -0.0197. The first-order valence-corrected chi connectivity index (χ1v) is 8.79. The average Bonchev–Trinajstić information content (AvgIpc) is 2.67. The summed E-state index contributed by atoms with van der Waals surface area (Å²) in [7, 11) is 0. The largest absolute Gasteiger partial charge is 0.378 e. The van der Waals surface area contributed by atoms with Crippen LogP contribution in [0, 0.1) is 0 Å². The van der Waals surface area contributed by atoms with E-state index in [0.29, 0.717) is 6.54 Å². The van der Waals surface area contributed by atoms with E-state index < -0.39 is 0 Å². The lowest BCUT2D eigenvalue weighted by molar-refractivity contribution is -0.115. The molecule has 5 heteroatoms. The number of para-hydroxylation sites is 2. The van der Waals surface area contributed by atoms with E-state index in [1.54, 1.807) is 0 Å². The Bertz CT molecular complexity index is 670. The first-order valence-electron chi connectivity index (χ1n) is 8.79. The van der Waals surface area contributed by atoms with Crippen molar-refractivity contribution < 1.29 is 9.53 Å². The molecule has 1 saturated heterocycles. The molecule has 0 unspecified atom stereocenters. The molecule has 25 heavy (non-hydrogen) atoms. The number of benzene rings is 2. The van der Waals surface area contributed by atoms with Gasteiger partial charge in [0.25, 0.3) is 0 Å². The van der Waals surface area contributed by atoms with Crippen LogP contribution in [0.3, 0.4) is 0 Å². The quantitative estimate of drug-likeness (QED) is 0.760. The smallest absolute Gasteiger partial charge is 0.238 e. The van der Waals surface area contributed by atoms with Crippen molar-refractivity contribution in [3.05, 3.63) is 60.2 Å². The molecule has 1 aliphatic rings. The first kappa shape index (κ1) is 17.5. The number of anilines is 2. The summed E-state index contributed by atoms with van der Waals surface area (Å²) in [5, 5.41) is 6.23. The Balaban J connectivity index is 1.47. The van der Waals surface area contributed by atoms with E-state index in [1.807, 2.05) is 42.5 Å². The molecule has 2 N–H and O–H groups in total. The Kier molecular flexibility index (Phi) is 6.42. The topological polar surface area (TPSA) is 53.6 Å². The van der Waals surface area contributed by atoms with Crippen LogP contribution < -0.4 is 15.5 Å². The number of morpholine rings is 1. The van der Waals surface area contributed by atoms with Gasteiger partial charge in [0.05, 0.1) is 31.1 Å². The standard InChI is InChI=1S/C20H25N3O2/c24-20(16-21-11-10-17-6-2-1-3-7-17)22-18-8-4-5-9-19(18)23-12-14-25-15-13-23/h1-9,21H,10-16H2,(H,22,24). The second-order valence-electron chi connectivity index (χ2n) is 6.08. The van der Waals surface area contributed by atoms with E-state index in [0.717, 1.165) is 50.6 Å². The van der Waals surface area contributed by atoms with Gasteiger partial charge in [0.2, 0.25) is 5.91 Å². The maximum atomic E-state index is 12.2. The number of hydrogen-bond acceptors (Lipinski definition) is 4. The fourth-order valence-electron chi connectivity index (χ4n) is 2.93. The van der Waals surface area contributed by atoms with Gasteiger partial charge in [-0.2, -0.15) is 0 Å². The lowest BCUT2D eigenvalue weighted by atomic mass is 10.1. The van der Waals surface area contributed by atoms with E-state index >= 15 is 0 Å². The highest BCUT2D eigenvalue weighted by atomic mass is 16.5. The van der Waals surface area contributed by atoms with E-state index in [-0.39, 0.29) is 5.91 Å². The number of hydrogen-bond donors (Lipinski definition) is 2. The Morgan fingerprint density at radius 3 is 2.52 bits per heavy atom.